The molecule has 3 N–H and O–H groups in total. The van der Waals surface area contributed by atoms with Crippen LogP contribution in [0.25, 0.3) is 0 Å². The number of hydrogen-bond acceptors (Lipinski definition) is 5. The molecule has 2 aromatic rings. The quantitative estimate of drug-likeness (QED) is 0.850. The van der Waals surface area contributed by atoms with Crippen LogP contribution < -0.4 is 15.8 Å². The van der Waals surface area contributed by atoms with Crippen molar-refractivity contribution in [3.63, 3.8) is 0 Å². The predicted octanol–water partition coefficient (Wildman–Crippen LogP) is 2.06. The molecule has 0 bridgehead atoms. The number of rotatable bonds is 4. The van der Waals surface area contributed by atoms with Crippen molar-refractivity contribution < 1.29 is 9.53 Å². The molecule has 104 valence electrons. The maximum Gasteiger partial charge on any atom is 0.265 e. The van der Waals surface area contributed by atoms with Gasteiger partial charge in [-0.15, -0.1) is 22.7 Å². The first-order valence-corrected chi connectivity index (χ1v) is 7.61. The zero-order chi connectivity index (χ0) is 14.4. The fourth-order valence-corrected chi connectivity index (χ4v) is 3.15. The smallest absolute Gasteiger partial charge is 0.265 e. The summed E-state index contributed by atoms with van der Waals surface area (Å²) in [5.41, 5.74) is 5.33. The van der Waals surface area contributed by atoms with Crippen LogP contribution in [0.3, 0.4) is 0 Å². The largest absolute Gasteiger partial charge is 0.495 e. The second-order valence-electron chi connectivity index (χ2n) is 3.77. The predicted molar refractivity (Wildman–Crippen MR) is 82.3 cm³/mol. The molecule has 0 aliphatic carbocycles. The van der Waals surface area contributed by atoms with E-state index < -0.39 is 0 Å². The van der Waals surface area contributed by atoms with Gasteiger partial charge in [-0.2, -0.15) is 0 Å². The monoisotopic (exact) mass is 306 g/mol. The summed E-state index contributed by atoms with van der Waals surface area (Å²) in [6.07, 6.45) is 0. The van der Waals surface area contributed by atoms with Crippen LogP contribution in [0.15, 0.2) is 23.6 Å². The minimum Gasteiger partial charge on any atom is -0.495 e. The third-order valence-electron chi connectivity index (χ3n) is 2.45. The lowest BCUT2D eigenvalue weighted by Crippen LogP contribution is -2.21. The lowest BCUT2D eigenvalue weighted by Gasteiger charge is -2.03. The second kappa shape index (κ2) is 7.10. The molecule has 0 aliphatic rings. The van der Waals surface area contributed by atoms with Gasteiger partial charge in [0, 0.05) is 4.88 Å². The summed E-state index contributed by atoms with van der Waals surface area (Å²) >= 11 is 2.91. The summed E-state index contributed by atoms with van der Waals surface area (Å²) < 4.78 is 5.13. The first-order chi connectivity index (χ1) is 9.74. The molecule has 1 amide bonds. The van der Waals surface area contributed by atoms with Gasteiger partial charge in [0.2, 0.25) is 0 Å². The molecule has 0 saturated carbocycles. The minimum absolute atomic E-state index is 0.125. The third-order valence-corrected chi connectivity index (χ3v) is 4.35. The first-order valence-electron chi connectivity index (χ1n) is 5.92. The van der Waals surface area contributed by atoms with Gasteiger partial charge in [0.05, 0.1) is 25.1 Å². The Bertz CT molecular complexity index is 649. The summed E-state index contributed by atoms with van der Waals surface area (Å²) in [5.74, 6) is 6.26. The van der Waals surface area contributed by atoms with Crippen molar-refractivity contribution in [1.29, 1.82) is 0 Å². The summed E-state index contributed by atoms with van der Waals surface area (Å²) in [6, 6.07) is 5.67. The molecule has 2 aromatic heterocycles. The molecule has 2 heterocycles. The molecule has 0 spiro atoms. The molecule has 0 unspecified atom stereocenters. The number of ether oxygens (including phenoxy) is 1. The van der Waals surface area contributed by atoms with Crippen molar-refractivity contribution >= 4 is 28.6 Å². The molecule has 0 saturated heterocycles. The molecule has 0 atom stereocenters. The number of carbonyl (C=O) groups is 1. The SMILES string of the molecule is COc1ccsc1C(=O)NCc1ccc(C#CCN)s1. The van der Waals surface area contributed by atoms with Gasteiger partial charge in [0.25, 0.3) is 5.91 Å². The second-order valence-corrected chi connectivity index (χ2v) is 5.86. The van der Waals surface area contributed by atoms with Crippen LogP contribution in [0.2, 0.25) is 0 Å². The van der Waals surface area contributed by atoms with Gasteiger partial charge in [0.15, 0.2) is 0 Å². The Morgan fingerprint density at radius 2 is 2.30 bits per heavy atom. The molecule has 0 aliphatic heterocycles. The van der Waals surface area contributed by atoms with Gasteiger partial charge in [-0.1, -0.05) is 11.8 Å². The lowest BCUT2D eigenvalue weighted by molar-refractivity contribution is 0.0952. The average Bonchev–Trinajstić information content (AvgIpc) is 3.11. The van der Waals surface area contributed by atoms with Crippen LogP contribution >= 0.6 is 22.7 Å². The van der Waals surface area contributed by atoms with Crippen LogP contribution in [0, 0.1) is 11.8 Å². The van der Waals surface area contributed by atoms with Gasteiger partial charge < -0.3 is 15.8 Å². The number of nitrogens with one attached hydrogen (secondary N) is 1. The van der Waals surface area contributed by atoms with E-state index in [1.54, 1.807) is 24.5 Å². The first kappa shape index (κ1) is 14.6. The van der Waals surface area contributed by atoms with Gasteiger partial charge in [-0.05, 0) is 23.6 Å². The van der Waals surface area contributed by atoms with E-state index in [0.29, 0.717) is 23.7 Å². The molecule has 0 fully saturated rings. The Morgan fingerprint density at radius 1 is 1.45 bits per heavy atom. The Kier molecular flexibility index (Phi) is 5.18. The number of hydrogen-bond donors (Lipinski definition) is 2. The summed E-state index contributed by atoms with van der Waals surface area (Å²) in [7, 11) is 1.56. The van der Waals surface area contributed by atoms with Gasteiger partial charge in [-0.3, -0.25) is 4.79 Å². The highest BCUT2D eigenvalue weighted by molar-refractivity contribution is 7.13. The zero-order valence-electron chi connectivity index (χ0n) is 10.9. The van der Waals surface area contributed by atoms with Crippen LogP contribution in [-0.4, -0.2) is 19.6 Å². The van der Waals surface area contributed by atoms with Gasteiger partial charge in [-0.25, -0.2) is 0 Å². The molecule has 20 heavy (non-hydrogen) atoms. The van der Waals surface area contributed by atoms with Crippen LogP contribution in [0.1, 0.15) is 19.4 Å². The van der Waals surface area contributed by atoms with E-state index in [9.17, 15) is 4.79 Å². The van der Waals surface area contributed by atoms with Crippen molar-refractivity contribution in [3.8, 4) is 17.6 Å². The summed E-state index contributed by atoms with van der Waals surface area (Å²) in [5, 5.41) is 4.71. The maximum absolute atomic E-state index is 12.0. The van der Waals surface area contributed by atoms with E-state index in [-0.39, 0.29) is 5.91 Å². The summed E-state index contributed by atoms with van der Waals surface area (Å²) in [4.78, 5) is 14.6. The topological polar surface area (TPSA) is 64.3 Å². The van der Waals surface area contributed by atoms with E-state index in [4.69, 9.17) is 10.5 Å². The number of thiophene rings is 2. The zero-order valence-corrected chi connectivity index (χ0v) is 12.6. The Labute approximate surface area is 125 Å². The standard InChI is InChI=1S/C14H14N2O2S2/c1-18-12-6-8-19-13(12)14(17)16-9-11-5-4-10(20-11)3-2-7-15/h4-6,8H,7,9,15H2,1H3,(H,16,17). The van der Waals surface area contributed by atoms with Crippen molar-refractivity contribution in [2.45, 2.75) is 6.54 Å². The molecular weight excluding hydrogens is 292 g/mol. The highest BCUT2D eigenvalue weighted by Crippen LogP contribution is 2.24. The highest BCUT2D eigenvalue weighted by Gasteiger charge is 2.13. The molecular formula is C14H14N2O2S2. The Balaban J connectivity index is 1.95. The van der Waals surface area contributed by atoms with Crippen molar-refractivity contribution in [2.24, 2.45) is 5.73 Å². The fraction of sp³-hybridized carbons (Fsp3) is 0.214. The third kappa shape index (κ3) is 3.61. The highest BCUT2D eigenvalue weighted by atomic mass is 32.1. The molecule has 6 heteroatoms. The van der Waals surface area contributed by atoms with Crippen molar-refractivity contribution in [1.82, 2.24) is 5.32 Å². The van der Waals surface area contributed by atoms with Gasteiger partial charge in [0.1, 0.15) is 10.6 Å². The van der Waals surface area contributed by atoms with Crippen molar-refractivity contribution in [2.75, 3.05) is 13.7 Å². The molecule has 4 nitrogen and oxygen atoms in total. The van der Waals surface area contributed by atoms with Crippen LogP contribution in [0.4, 0.5) is 0 Å². The van der Waals surface area contributed by atoms with Crippen molar-refractivity contribution in [3.05, 3.63) is 38.2 Å². The van der Waals surface area contributed by atoms with E-state index in [1.807, 2.05) is 17.5 Å². The Hall–Kier alpha value is -1.81. The minimum atomic E-state index is -0.125. The fourth-order valence-electron chi connectivity index (χ4n) is 1.55. The molecule has 0 radical (unpaired) electrons. The van der Waals surface area contributed by atoms with E-state index in [0.717, 1.165) is 9.75 Å². The normalized spacial score (nSPS) is 9.70. The number of amides is 1. The van der Waals surface area contributed by atoms with E-state index >= 15 is 0 Å². The Morgan fingerprint density at radius 3 is 3.05 bits per heavy atom. The molecule has 2 rings (SSSR count). The molecule has 0 aromatic carbocycles. The van der Waals surface area contributed by atoms with Gasteiger partial charge >= 0.3 is 0 Å². The average molecular weight is 306 g/mol. The van der Waals surface area contributed by atoms with Crippen LogP contribution in [0.5, 0.6) is 5.75 Å². The maximum atomic E-state index is 12.0. The number of methoxy groups -OCH3 is 1. The lowest BCUT2D eigenvalue weighted by atomic mass is 10.4. The van der Waals surface area contributed by atoms with Crippen LogP contribution in [-0.2, 0) is 6.54 Å². The summed E-state index contributed by atoms with van der Waals surface area (Å²) in [6.45, 7) is 0.830. The number of carbonyl (C=O) groups excluding carboxylic acids is 1. The number of nitrogens with two attached hydrogens (primary N) is 1. The van der Waals surface area contributed by atoms with E-state index in [1.165, 1.54) is 11.3 Å². The van der Waals surface area contributed by atoms with E-state index in [2.05, 4.69) is 17.2 Å².